The molecule has 11 heteroatoms. The van der Waals surface area contributed by atoms with Crippen LogP contribution in [0.2, 0.25) is 0 Å². The summed E-state index contributed by atoms with van der Waals surface area (Å²) < 4.78 is 5.46. The fourth-order valence-electron chi connectivity index (χ4n) is 4.51. The number of amidine groups is 1. The van der Waals surface area contributed by atoms with Crippen molar-refractivity contribution in [2.24, 2.45) is 11.7 Å². The summed E-state index contributed by atoms with van der Waals surface area (Å²) in [5.74, 6) is 1.17. The van der Waals surface area contributed by atoms with E-state index in [1.165, 1.54) is 0 Å². The first-order chi connectivity index (χ1) is 18.7. The van der Waals surface area contributed by atoms with Crippen molar-refractivity contribution in [3.05, 3.63) is 65.4 Å². The molecule has 2 heterocycles. The van der Waals surface area contributed by atoms with Crippen LogP contribution in [0.25, 0.3) is 0 Å². The number of hydrogen-bond donors (Lipinski definition) is 3. The van der Waals surface area contributed by atoms with Gasteiger partial charge in [0.2, 0.25) is 5.95 Å². The van der Waals surface area contributed by atoms with Crippen molar-refractivity contribution in [3.63, 3.8) is 0 Å². The summed E-state index contributed by atoms with van der Waals surface area (Å²) in [6.45, 7) is 3.81. The second kappa shape index (κ2) is 12.3. The number of primary amides is 1. The van der Waals surface area contributed by atoms with Gasteiger partial charge in [-0.25, -0.2) is 0 Å². The van der Waals surface area contributed by atoms with Crippen molar-refractivity contribution in [2.45, 2.75) is 26.2 Å². The number of nitrogens with two attached hydrogens (primary N) is 1. The van der Waals surface area contributed by atoms with Crippen LogP contribution in [-0.2, 0) is 0 Å². The first-order valence-corrected chi connectivity index (χ1v) is 12.9. The topological polar surface area (TPSA) is 150 Å². The number of nitrogens with one attached hydrogen (secondary N) is 2. The number of carbonyl (C=O) groups is 2. The number of nitrogens with zero attached hydrogens (tertiary/aromatic N) is 5. The molecule has 0 unspecified atom stereocenters. The van der Waals surface area contributed by atoms with Crippen LogP contribution in [0.15, 0.2) is 48.5 Å². The number of carbonyl (C=O) groups excluding carboxylic acids is 2. The Morgan fingerprint density at radius 2 is 1.79 bits per heavy atom. The molecule has 4 N–H and O–H groups in total. The Bertz CT molecular complexity index is 1330. The summed E-state index contributed by atoms with van der Waals surface area (Å²) in [4.78, 5) is 33.2. The molecule has 1 fully saturated rings. The molecule has 11 nitrogen and oxygen atoms in total. The molecule has 204 valence electrons. The molecule has 0 spiro atoms. The van der Waals surface area contributed by atoms with Gasteiger partial charge in [-0.3, -0.25) is 15.0 Å². The van der Waals surface area contributed by atoms with Crippen molar-refractivity contribution < 1.29 is 14.3 Å². The third-order valence-corrected chi connectivity index (χ3v) is 6.54. The van der Waals surface area contributed by atoms with Crippen LogP contribution >= 0.6 is 0 Å². The number of piperidine rings is 1. The fraction of sp³-hybridized carbons (Fsp3) is 0.357. The van der Waals surface area contributed by atoms with E-state index in [4.69, 9.17) is 15.9 Å². The number of hydrogen-bond acceptors (Lipinski definition) is 9. The van der Waals surface area contributed by atoms with Crippen molar-refractivity contribution >= 4 is 35.0 Å². The summed E-state index contributed by atoms with van der Waals surface area (Å²) in [5.41, 5.74) is 7.55. The average molecular weight is 531 g/mol. The maximum atomic E-state index is 12.9. The standard InChI is InChI=1S/C28H34N8O3/c1-4-39-22-13-9-19(10-14-22)23(37)16-18-6-5-15-36(17-18)28-32-27(24(26(30)38)33-34-28)31-21-11-7-20(8-12-21)25(29)35(2)3/h7-14,18,29H,4-6,15-17H2,1-3H3,(H2,30,38)(H,31,32,34)/t18-/m0/s1. The molecular formula is C28H34N8O3. The summed E-state index contributed by atoms with van der Waals surface area (Å²) in [7, 11) is 3.62. The van der Waals surface area contributed by atoms with E-state index in [0.717, 1.165) is 24.2 Å². The molecule has 0 radical (unpaired) electrons. The molecule has 39 heavy (non-hydrogen) atoms. The molecule has 0 aliphatic carbocycles. The molecule has 1 aromatic heterocycles. The van der Waals surface area contributed by atoms with E-state index in [0.29, 0.717) is 49.2 Å². The second-order valence-electron chi connectivity index (χ2n) is 9.66. The zero-order chi connectivity index (χ0) is 27.9. The first-order valence-electron chi connectivity index (χ1n) is 12.9. The zero-order valence-electron chi connectivity index (χ0n) is 22.5. The molecule has 1 aliphatic rings. The van der Waals surface area contributed by atoms with E-state index in [1.54, 1.807) is 41.3 Å². The van der Waals surface area contributed by atoms with Gasteiger partial charge in [0.05, 0.1) is 6.61 Å². The molecular weight excluding hydrogens is 496 g/mol. The summed E-state index contributed by atoms with van der Waals surface area (Å²) >= 11 is 0. The van der Waals surface area contributed by atoms with Crippen LogP contribution in [0.1, 0.15) is 52.6 Å². The van der Waals surface area contributed by atoms with E-state index >= 15 is 0 Å². The Morgan fingerprint density at radius 1 is 1.10 bits per heavy atom. The summed E-state index contributed by atoms with van der Waals surface area (Å²) in [6, 6.07) is 14.4. The molecule has 0 bridgehead atoms. The minimum atomic E-state index is -0.743. The molecule has 1 amide bonds. The van der Waals surface area contributed by atoms with E-state index in [9.17, 15) is 9.59 Å². The van der Waals surface area contributed by atoms with E-state index in [1.807, 2.05) is 38.1 Å². The highest BCUT2D eigenvalue weighted by atomic mass is 16.5. The van der Waals surface area contributed by atoms with Gasteiger partial charge in [0.25, 0.3) is 5.91 Å². The van der Waals surface area contributed by atoms with Crippen LogP contribution in [0.4, 0.5) is 17.5 Å². The van der Waals surface area contributed by atoms with Crippen LogP contribution in [-0.4, -0.2) is 71.4 Å². The maximum absolute atomic E-state index is 12.9. The zero-order valence-corrected chi connectivity index (χ0v) is 22.5. The number of Topliss-reactive ketones (excluding diaryl/α,β-unsaturated/α-hetero) is 1. The predicted molar refractivity (Wildman–Crippen MR) is 150 cm³/mol. The molecule has 1 atom stereocenters. The molecule has 1 saturated heterocycles. The van der Waals surface area contributed by atoms with Crippen molar-refractivity contribution in [3.8, 4) is 5.75 Å². The number of benzene rings is 2. The maximum Gasteiger partial charge on any atom is 0.273 e. The van der Waals surface area contributed by atoms with Gasteiger partial charge in [-0.1, -0.05) is 0 Å². The third kappa shape index (κ3) is 6.86. The lowest BCUT2D eigenvalue weighted by Gasteiger charge is -2.32. The Morgan fingerprint density at radius 3 is 2.44 bits per heavy atom. The molecule has 3 aromatic rings. The van der Waals surface area contributed by atoms with E-state index in [2.05, 4.69) is 20.5 Å². The lowest BCUT2D eigenvalue weighted by Crippen LogP contribution is -2.38. The van der Waals surface area contributed by atoms with Gasteiger partial charge < -0.3 is 25.6 Å². The van der Waals surface area contributed by atoms with E-state index < -0.39 is 5.91 Å². The molecule has 1 aliphatic heterocycles. The first kappa shape index (κ1) is 27.5. The van der Waals surface area contributed by atoms with Crippen molar-refractivity contribution in [2.75, 3.05) is 44.0 Å². The van der Waals surface area contributed by atoms with Crippen LogP contribution < -0.4 is 20.7 Å². The van der Waals surface area contributed by atoms with Gasteiger partial charge in [-0.2, -0.15) is 4.98 Å². The number of aromatic nitrogens is 3. The average Bonchev–Trinajstić information content (AvgIpc) is 2.93. The van der Waals surface area contributed by atoms with Crippen molar-refractivity contribution in [1.82, 2.24) is 20.1 Å². The summed E-state index contributed by atoms with van der Waals surface area (Å²) in [5, 5.41) is 19.5. The monoisotopic (exact) mass is 530 g/mol. The molecule has 2 aromatic carbocycles. The number of amides is 1. The lowest BCUT2D eigenvalue weighted by atomic mass is 9.91. The minimum Gasteiger partial charge on any atom is -0.494 e. The lowest BCUT2D eigenvalue weighted by molar-refractivity contribution is 0.0954. The SMILES string of the molecule is CCOc1ccc(C(=O)C[C@@H]2CCCN(c3nnc(C(N)=O)c(Nc4ccc(C(=N)N(C)C)cc4)n3)C2)cc1. The van der Waals surface area contributed by atoms with Gasteiger partial charge in [0.15, 0.2) is 17.3 Å². The van der Waals surface area contributed by atoms with Gasteiger partial charge >= 0.3 is 0 Å². The summed E-state index contributed by atoms with van der Waals surface area (Å²) in [6.07, 6.45) is 2.21. The Balaban J connectivity index is 1.47. The predicted octanol–water partition coefficient (Wildman–Crippen LogP) is 3.49. The van der Waals surface area contributed by atoms with Gasteiger partial charge in [-0.05, 0) is 74.2 Å². The van der Waals surface area contributed by atoms with Gasteiger partial charge in [-0.15, -0.1) is 10.2 Å². The van der Waals surface area contributed by atoms with Crippen molar-refractivity contribution in [1.29, 1.82) is 5.41 Å². The molecule has 0 saturated carbocycles. The number of ether oxygens (including phenoxy) is 1. The van der Waals surface area contributed by atoms with E-state index in [-0.39, 0.29) is 23.2 Å². The normalized spacial score (nSPS) is 14.9. The number of anilines is 3. The van der Waals surface area contributed by atoms with Gasteiger partial charge in [0, 0.05) is 50.4 Å². The number of rotatable bonds is 10. The Hall–Kier alpha value is -4.54. The minimum absolute atomic E-state index is 0.0666. The third-order valence-electron chi connectivity index (χ3n) is 6.54. The second-order valence-corrected chi connectivity index (χ2v) is 9.66. The Labute approximate surface area is 227 Å². The smallest absolute Gasteiger partial charge is 0.273 e. The molecule has 4 rings (SSSR count). The highest BCUT2D eigenvalue weighted by Gasteiger charge is 2.26. The largest absolute Gasteiger partial charge is 0.494 e. The van der Waals surface area contributed by atoms with Crippen LogP contribution in [0.5, 0.6) is 5.75 Å². The number of ketones is 1. The quantitative estimate of drug-likeness (QED) is 0.203. The van der Waals surface area contributed by atoms with Gasteiger partial charge in [0.1, 0.15) is 11.6 Å². The highest BCUT2D eigenvalue weighted by Crippen LogP contribution is 2.26. The van der Waals surface area contributed by atoms with Crippen LogP contribution in [0, 0.1) is 11.3 Å². The highest BCUT2D eigenvalue weighted by molar-refractivity contribution is 5.98. The van der Waals surface area contributed by atoms with Crippen LogP contribution in [0.3, 0.4) is 0 Å². The Kier molecular flexibility index (Phi) is 8.70. The fourth-order valence-corrected chi connectivity index (χ4v) is 4.51.